The zero-order valence-corrected chi connectivity index (χ0v) is 12.1. The Hall–Kier alpha value is -1.94. The molecular weight excluding hydrogens is 291 g/mol. The lowest BCUT2D eigenvalue weighted by Crippen LogP contribution is -2.30. The van der Waals surface area contributed by atoms with Gasteiger partial charge in [0.1, 0.15) is 0 Å². The summed E-state index contributed by atoms with van der Waals surface area (Å²) in [6.45, 7) is 0.688. The minimum absolute atomic E-state index is 0.0150. The van der Waals surface area contributed by atoms with E-state index in [9.17, 15) is 9.18 Å². The van der Waals surface area contributed by atoms with Crippen molar-refractivity contribution >= 4 is 17.5 Å². The molecule has 1 amide bonds. The molecule has 1 aliphatic heterocycles. The Morgan fingerprint density at radius 3 is 2.90 bits per heavy atom. The molecule has 1 unspecified atom stereocenters. The SMILES string of the molecule is O=C(c1ccc(F)nc1)N1CCCC1c1cccc(Cl)c1. The molecule has 2 aromatic rings. The van der Waals surface area contributed by atoms with Crippen LogP contribution in [0.3, 0.4) is 0 Å². The van der Waals surface area contributed by atoms with Gasteiger partial charge in [0.25, 0.3) is 5.91 Å². The number of nitrogens with zero attached hydrogens (tertiary/aromatic N) is 2. The van der Waals surface area contributed by atoms with Gasteiger partial charge in [-0.05, 0) is 42.7 Å². The molecule has 0 aliphatic carbocycles. The average Bonchev–Trinajstić information content (AvgIpc) is 2.97. The Kier molecular flexibility index (Phi) is 3.88. The zero-order valence-electron chi connectivity index (χ0n) is 11.3. The number of amides is 1. The molecule has 0 spiro atoms. The van der Waals surface area contributed by atoms with Crippen molar-refractivity contribution in [2.45, 2.75) is 18.9 Å². The third-order valence-corrected chi connectivity index (χ3v) is 3.96. The number of aromatic nitrogens is 1. The normalized spacial score (nSPS) is 18.0. The van der Waals surface area contributed by atoms with E-state index in [-0.39, 0.29) is 11.9 Å². The fourth-order valence-electron chi connectivity index (χ4n) is 2.74. The van der Waals surface area contributed by atoms with Gasteiger partial charge in [0, 0.05) is 17.8 Å². The average molecular weight is 305 g/mol. The lowest BCUT2D eigenvalue weighted by atomic mass is 10.0. The molecule has 5 heteroatoms. The highest BCUT2D eigenvalue weighted by Crippen LogP contribution is 2.34. The van der Waals surface area contributed by atoms with Crippen LogP contribution in [0.15, 0.2) is 42.6 Å². The number of carbonyl (C=O) groups is 1. The van der Waals surface area contributed by atoms with Gasteiger partial charge in [0.2, 0.25) is 5.95 Å². The van der Waals surface area contributed by atoms with Crippen molar-refractivity contribution in [1.29, 1.82) is 0 Å². The molecule has 1 aliphatic rings. The largest absolute Gasteiger partial charge is 0.332 e. The van der Waals surface area contributed by atoms with Crippen LogP contribution in [0.5, 0.6) is 0 Å². The van der Waals surface area contributed by atoms with Crippen LogP contribution >= 0.6 is 11.6 Å². The maximum atomic E-state index is 12.9. The summed E-state index contributed by atoms with van der Waals surface area (Å²) < 4.78 is 12.9. The van der Waals surface area contributed by atoms with Gasteiger partial charge in [0.05, 0.1) is 11.6 Å². The summed E-state index contributed by atoms with van der Waals surface area (Å²) in [5, 5.41) is 0.662. The minimum atomic E-state index is -0.584. The van der Waals surface area contributed by atoms with Gasteiger partial charge >= 0.3 is 0 Å². The van der Waals surface area contributed by atoms with Crippen LogP contribution in [-0.2, 0) is 0 Å². The van der Waals surface area contributed by atoms with E-state index in [1.165, 1.54) is 18.3 Å². The number of hydrogen-bond donors (Lipinski definition) is 0. The summed E-state index contributed by atoms with van der Waals surface area (Å²) in [5.41, 5.74) is 1.44. The first-order valence-corrected chi connectivity index (χ1v) is 7.21. The van der Waals surface area contributed by atoms with Crippen LogP contribution in [0, 0.1) is 5.95 Å². The molecule has 0 saturated carbocycles. The van der Waals surface area contributed by atoms with Crippen molar-refractivity contribution in [3.8, 4) is 0 Å². The van der Waals surface area contributed by atoms with Gasteiger partial charge < -0.3 is 4.90 Å². The molecule has 0 bridgehead atoms. The Morgan fingerprint density at radius 2 is 2.19 bits per heavy atom. The Labute approximate surface area is 127 Å². The predicted octanol–water partition coefficient (Wildman–Crippen LogP) is 3.85. The van der Waals surface area contributed by atoms with Crippen LogP contribution in [0.25, 0.3) is 0 Å². The summed E-state index contributed by atoms with van der Waals surface area (Å²) in [5.74, 6) is -0.704. The fourth-order valence-corrected chi connectivity index (χ4v) is 2.94. The monoisotopic (exact) mass is 304 g/mol. The van der Waals surface area contributed by atoms with E-state index in [1.54, 1.807) is 4.90 Å². The molecular formula is C16H14ClFN2O. The number of benzene rings is 1. The maximum absolute atomic E-state index is 12.9. The second kappa shape index (κ2) is 5.82. The van der Waals surface area contributed by atoms with Crippen LogP contribution in [0.4, 0.5) is 4.39 Å². The zero-order chi connectivity index (χ0) is 14.8. The lowest BCUT2D eigenvalue weighted by Gasteiger charge is -2.25. The van der Waals surface area contributed by atoms with Crippen LogP contribution in [0.1, 0.15) is 34.8 Å². The highest BCUT2D eigenvalue weighted by molar-refractivity contribution is 6.30. The summed E-state index contributed by atoms with van der Waals surface area (Å²) in [6, 6.07) is 10.3. The first-order chi connectivity index (χ1) is 10.1. The van der Waals surface area contributed by atoms with Crippen LogP contribution in [-0.4, -0.2) is 22.3 Å². The molecule has 0 N–H and O–H groups in total. The van der Waals surface area contributed by atoms with Gasteiger partial charge in [-0.15, -0.1) is 0 Å². The lowest BCUT2D eigenvalue weighted by molar-refractivity contribution is 0.0735. The van der Waals surface area contributed by atoms with E-state index >= 15 is 0 Å². The number of carbonyl (C=O) groups excluding carboxylic acids is 1. The highest BCUT2D eigenvalue weighted by Gasteiger charge is 2.30. The fraction of sp³-hybridized carbons (Fsp3) is 0.250. The quantitative estimate of drug-likeness (QED) is 0.790. The molecule has 21 heavy (non-hydrogen) atoms. The number of likely N-dealkylation sites (tertiary alicyclic amines) is 1. The summed E-state index contributed by atoms with van der Waals surface area (Å²) in [7, 11) is 0. The van der Waals surface area contributed by atoms with E-state index < -0.39 is 5.95 Å². The van der Waals surface area contributed by atoms with Gasteiger partial charge in [-0.2, -0.15) is 4.39 Å². The van der Waals surface area contributed by atoms with Crippen molar-refractivity contribution in [2.24, 2.45) is 0 Å². The van der Waals surface area contributed by atoms with E-state index in [1.807, 2.05) is 24.3 Å². The van der Waals surface area contributed by atoms with Crippen molar-refractivity contribution < 1.29 is 9.18 Å². The molecule has 2 heterocycles. The molecule has 3 nitrogen and oxygen atoms in total. The van der Waals surface area contributed by atoms with Crippen LogP contribution < -0.4 is 0 Å². The summed E-state index contributed by atoms with van der Waals surface area (Å²) in [6.07, 6.45) is 3.13. The molecule has 108 valence electrons. The second-order valence-corrected chi connectivity index (χ2v) is 5.52. The predicted molar refractivity (Wildman–Crippen MR) is 78.7 cm³/mol. The Morgan fingerprint density at radius 1 is 1.33 bits per heavy atom. The first-order valence-electron chi connectivity index (χ1n) is 6.83. The summed E-state index contributed by atoms with van der Waals surface area (Å²) in [4.78, 5) is 17.9. The number of halogens is 2. The second-order valence-electron chi connectivity index (χ2n) is 5.08. The van der Waals surface area contributed by atoms with Crippen molar-refractivity contribution in [3.63, 3.8) is 0 Å². The third-order valence-electron chi connectivity index (χ3n) is 3.72. The van der Waals surface area contributed by atoms with Gasteiger partial charge in [-0.25, -0.2) is 4.98 Å². The standard InChI is InChI=1S/C16H14ClFN2O/c17-13-4-1-3-11(9-13)14-5-2-8-20(14)16(21)12-6-7-15(18)19-10-12/h1,3-4,6-7,9-10,14H,2,5,8H2. The molecule has 1 aromatic carbocycles. The van der Waals surface area contributed by atoms with E-state index in [2.05, 4.69) is 4.98 Å². The topological polar surface area (TPSA) is 33.2 Å². The van der Waals surface area contributed by atoms with E-state index in [0.717, 1.165) is 18.4 Å². The summed E-state index contributed by atoms with van der Waals surface area (Å²) >= 11 is 6.03. The van der Waals surface area contributed by atoms with Gasteiger partial charge in [0.15, 0.2) is 0 Å². The van der Waals surface area contributed by atoms with Crippen molar-refractivity contribution in [3.05, 3.63) is 64.7 Å². The molecule has 1 saturated heterocycles. The molecule has 1 fully saturated rings. The van der Waals surface area contributed by atoms with E-state index in [0.29, 0.717) is 17.1 Å². The Balaban J connectivity index is 1.87. The molecule has 3 rings (SSSR count). The van der Waals surface area contributed by atoms with Gasteiger partial charge in [-0.1, -0.05) is 23.7 Å². The third kappa shape index (κ3) is 2.90. The first kappa shape index (κ1) is 14.0. The number of rotatable bonds is 2. The molecule has 1 aromatic heterocycles. The maximum Gasteiger partial charge on any atom is 0.255 e. The van der Waals surface area contributed by atoms with E-state index in [4.69, 9.17) is 11.6 Å². The minimum Gasteiger partial charge on any atom is -0.332 e. The number of hydrogen-bond acceptors (Lipinski definition) is 2. The number of pyridine rings is 1. The van der Waals surface area contributed by atoms with Crippen molar-refractivity contribution in [1.82, 2.24) is 9.88 Å². The Bertz CT molecular complexity index is 660. The van der Waals surface area contributed by atoms with Crippen LogP contribution in [0.2, 0.25) is 5.02 Å². The highest BCUT2D eigenvalue weighted by atomic mass is 35.5. The molecule has 0 radical (unpaired) electrons. The van der Waals surface area contributed by atoms with Gasteiger partial charge in [-0.3, -0.25) is 4.79 Å². The molecule has 1 atom stereocenters. The smallest absolute Gasteiger partial charge is 0.255 e. The van der Waals surface area contributed by atoms with Crippen molar-refractivity contribution in [2.75, 3.05) is 6.54 Å².